The van der Waals surface area contributed by atoms with E-state index in [1.165, 1.54) is 0 Å². The van der Waals surface area contributed by atoms with Crippen molar-refractivity contribution in [1.82, 2.24) is 4.90 Å². The number of β-amino-alcohol motifs (C(OH)–C–C–N with tert-alkyl or cyclic N) is 1. The lowest BCUT2D eigenvalue weighted by molar-refractivity contribution is -0.0860. The lowest BCUT2D eigenvalue weighted by Gasteiger charge is -2.46. The van der Waals surface area contributed by atoms with Crippen molar-refractivity contribution < 1.29 is 9.90 Å². The Morgan fingerprint density at radius 2 is 2.00 bits per heavy atom. The van der Waals surface area contributed by atoms with Crippen molar-refractivity contribution in [1.29, 1.82) is 0 Å². The summed E-state index contributed by atoms with van der Waals surface area (Å²) in [6.45, 7) is 5.04. The molecule has 1 N–H and O–H groups in total. The van der Waals surface area contributed by atoms with Crippen LogP contribution >= 0.6 is 0 Å². The summed E-state index contributed by atoms with van der Waals surface area (Å²) in [6.07, 6.45) is 2.57. The Bertz CT molecular complexity index is 436. The molecule has 0 unspecified atom stereocenters. The molecule has 3 heteroatoms. The minimum absolute atomic E-state index is 0.0493. The fourth-order valence-electron chi connectivity index (χ4n) is 2.64. The number of hydrogen-bond acceptors (Lipinski definition) is 2. The molecule has 3 nitrogen and oxygen atoms in total. The van der Waals surface area contributed by atoms with E-state index in [1.54, 1.807) is 4.90 Å². The van der Waals surface area contributed by atoms with E-state index in [9.17, 15) is 9.90 Å². The Morgan fingerprint density at radius 1 is 1.33 bits per heavy atom. The van der Waals surface area contributed by atoms with E-state index in [1.807, 2.05) is 24.3 Å². The van der Waals surface area contributed by atoms with Gasteiger partial charge in [-0.3, -0.25) is 4.79 Å². The number of likely N-dealkylation sites (tertiary alicyclic amines) is 1. The van der Waals surface area contributed by atoms with E-state index < -0.39 is 5.60 Å². The SMILES string of the molecule is CCCC1(O)CN(C(=O)c2ccccc2CC)C1. The fraction of sp³-hybridized carbons (Fsp3) is 0.533. The number of benzene rings is 1. The Hall–Kier alpha value is -1.35. The van der Waals surface area contributed by atoms with Gasteiger partial charge < -0.3 is 10.0 Å². The summed E-state index contributed by atoms with van der Waals surface area (Å²) in [4.78, 5) is 14.1. The molecule has 0 atom stereocenters. The van der Waals surface area contributed by atoms with Crippen LogP contribution in [0, 0.1) is 0 Å². The number of hydrogen-bond donors (Lipinski definition) is 1. The van der Waals surface area contributed by atoms with E-state index in [0.717, 1.165) is 30.4 Å². The van der Waals surface area contributed by atoms with Crippen molar-refractivity contribution in [3.63, 3.8) is 0 Å². The van der Waals surface area contributed by atoms with Crippen LogP contribution < -0.4 is 0 Å². The van der Waals surface area contributed by atoms with Gasteiger partial charge in [0.1, 0.15) is 0 Å². The highest BCUT2D eigenvalue weighted by Gasteiger charge is 2.43. The normalized spacial score (nSPS) is 17.4. The second-order valence-corrected chi connectivity index (χ2v) is 5.15. The molecule has 0 aromatic heterocycles. The van der Waals surface area contributed by atoms with Crippen LogP contribution in [0.5, 0.6) is 0 Å². The van der Waals surface area contributed by atoms with Crippen molar-refractivity contribution >= 4 is 5.91 Å². The van der Waals surface area contributed by atoms with Crippen molar-refractivity contribution in [2.45, 2.75) is 38.7 Å². The first-order valence-electron chi connectivity index (χ1n) is 6.69. The average molecular weight is 247 g/mol. The maximum absolute atomic E-state index is 12.3. The quantitative estimate of drug-likeness (QED) is 0.886. The smallest absolute Gasteiger partial charge is 0.254 e. The van der Waals surface area contributed by atoms with Crippen LogP contribution in [-0.4, -0.2) is 34.6 Å². The molecule has 1 aromatic rings. The summed E-state index contributed by atoms with van der Waals surface area (Å²) in [5.41, 5.74) is 1.21. The standard InChI is InChI=1S/C15H21NO2/c1-3-9-15(18)10-16(11-15)14(17)13-8-6-5-7-12(13)4-2/h5-8,18H,3-4,9-11H2,1-2H3. The summed E-state index contributed by atoms with van der Waals surface area (Å²) in [7, 11) is 0. The molecule has 18 heavy (non-hydrogen) atoms. The van der Waals surface area contributed by atoms with Crippen LogP contribution in [0.15, 0.2) is 24.3 Å². The van der Waals surface area contributed by atoms with Crippen LogP contribution in [0.1, 0.15) is 42.6 Å². The first-order valence-corrected chi connectivity index (χ1v) is 6.69. The Morgan fingerprint density at radius 3 is 2.61 bits per heavy atom. The van der Waals surface area contributed by atoms with E-state index >= 15 is 0 Å². The molecule has 1 heterocycles. The molecule has 98 valence electrons. The van der Waals surface area contributed by atoms with Gasteiger partial charge in [-0.2, -0.15) is 0 Å². The molecule has 0 radical (unpaired) electrons. The van der Waals surface area contributed by atoms with Crippen LogP contribution in [0.25, 0.3) is 0 Å². The predicted octanol–water partition coefficient (Wildman–Crippen LogP) is 2.24. The number of nitrogens with zero attached hydrogens (tertiary/aromatic N) is 1. The van der Waals surface area contributed by atoms with Crippen molar-refractivity contribution in [2.24, 2.45) is 0 Å². The van der Waals surface area contributed by atoms with Crippen LogP contribution in [0.3, 0.4) is 0 Å². The molecule has 0 aliphatic carbocycles. The average Bonchev–Trinajstić information content (AvgIpc) is 2.35. The zero-order valence-electron chi connectivity index (χ0n) is 11.1. The van der Waals surface area contributed by atoms with Crippen LogP contribution in [0.4, 0.5) is 0 Å². The summed E-state index contributed by atoms with van der Waals surface area (Å²) >= 11 is 0. The summed E-state index contributed by atoms with van der Waals surface area (Å²) in [6, 6.07) is 7.72. The van der Waals surface area contributed by atoms with Gasteiger partial charge in [0.05, 0.1) is 18.7 Å². The lowest BCUT2D eigenvalue weighted by atomic mass is 9.88. The third kappa shape index (κ3) is 2.41. The monoisotopic (exact) mass is 247 g/mol. The molecule has 1 saturated heterocycles. The third-order valence-electron chi connectivity index (χ3n) is 3.60. The highest BCUT2D eigenvalue weighted by Crippen LogP contribution is 2.27. The molecule has 0 bridgehead atoms. The molecule has 1 amide bonds. The number of carbonyl (C=O) groups is 1. The van der Waals surface area contributed by atoms with Gasteiger partial charge in [-0.25, -0.2) is 0 Å². The molecule has 1 aliphatic heterocycles. The molecule has 0 saturated carbocycles. The second-order valence-electron chi connectivity index (χ2n) is 5.15. The molecule has 1 fully saturated rings. The summed E-state index contributed by atoms with van der Waals surface area (Å²) in [5, 5.41) is 10.1. The van der Waals surface area contributed by atoms with Gasteiger partial charge in [0.25, 0.3) is 5.91 Å². The highest BCUT2D eigenvalue weighted by atomic mass is 16.3. The molecule has 1 aliphatic rings. The van der Waals surface area contributed by atoms with Gasteiger partial charge in [0.2, 0.25) is 0 Å². The number of rotatable bonds is 4. The first kappa shape index (κ1) is 13.1. The Balaban J connectivity index is 2.06. The lowest BCUT2D eigenvalue weighted by Crippen LogP contribution is -2.63. The fourth-order valence-corrected chi connectivity index (χ4v) is 2.64. The molecule has 2 rings (SSSR count). The first-order chi connectivity index (χ1) is 8.59. The van der Waals surface area contributed by atoms with E-state index in [4.69, 9.17) is 0 Å². The minimum Gasteiger partial charge on any atom is -0.386 e. The zero-order chi connectivity index (χ0) is 13.2. The van der Waals surface area contributed by atoms with Gasteiger partial charge in [-0.1, -0.05) is 38.5 Å². The van der Waals surface area contributed by atoms with Gasteiger partial charge in [0.15, 0.2) is 0 Å². The summed E-state index contributed by atoms with van der Waals surface area (Å²) < 4.78 is 0. The Kier molecular flexibility index (Phi) is 3.71. The van der Waals surface area contributed by atoms with Crippen molar-refractivity contribution in [3.05, 3.63) is 35.4 Å². The molecular weight excluding hydrogens is 226 g/mol. The number of aliphatic hydroxyl groups is 1. The van der Waals surface area contributed by atoms with Crippen LogP contribution in [-0.2, 0) is 6.42 Å². The van der Waals surface area contributed by atoms with E-state index in [2.05, 4.69) is 13.8 Å². The van der Waals surface area contributed by atoms with Gasteiger partial charge in [-0.15, -0.1) is 0 Å². The molecular formula is C15H21NO2. The van der Waals surface area contributed by atoms with Crippen LogP contribution in [0.2, 0.25) is 0 Å². The van der Waals surface area contributed by atoms with E-state index in [0.29, 0.717) is 13.1 Å². The molecule has 1 aromatic carbocycles. The number of amides is 1. The van der Waals surface area contributed by atoms with Gasteiger partial charge in [-0.05, 0) is 24.5 Å². The second kappa shape index (κ2) is 5.11. The molecule has 0 spiro atoms. The number of aryl methyl sites for hydroxylation is 1. The van der Waals surface area contributed by atoms with Gasteiger partial charge in [0, 0.05) is 5.56 Å². The number of carbonyl (C=O) groups excluding carboxylic acids is 1. The summed E-state index contributed by atoms with van der Waals surface area (Å²) in [5.74, 6) is 0.0493. The van der Waals surface area contributed by atoms with Gasteiger partial charge >= 0.3 is 0 Å². The maximum atomic E-state index is 12.3. The highest BCUT2D eigenvalue weighted by molar-refractivity contribution is 5.96. The predicted molar refractivity (Wildman–Crippen MR) is 71.6 cm³/mol. The zero-order valence-corrected chi connectivity index (χ0v) is 11.1. The largest absolute Gasteiger partial charge is 0.386 e. The topological polar surface area (TPSA) is 40.5 Å². The van der Waals surface area contributed by atoms with Crippen molar-refractivity contribution in [3.8, 4) is 0 Å². The third-order valence-corrected chi connectivity index (χ3v) is 3.60. The Labute approximate surface area is 108 Å². The maximum Gasteiger partial charge on any atom is 0.254 e. The van der Waals surface area contributed by atoms with E-state index in [-0.39, 0.29) is 5.91 Å². The minimum atomic E-state index is -0.647. The van der Waals surface area contributed by atoms with Crippen molar-refractivity contribution in [2.75, 3.05) is 13.1 Å².